The van der Waals surface area contributed by atoms with Crippen molar-refractivity contribution in [1.82, 2.24) is 0 Å². The second kappa shape index (κ2) is 9.27. The average molecular weight is 277 g/mol. The standard InChI is InChI=1S/C12H28O3Si2/c1-11(13)7-5-9-16-15-17(3,4)10-6-8-12(2)14/h11-14H,5-10H2,1-4H3. The molecule has 0 amide bonds. The Bertz CT molecular complexity index is 185. The molecule has 0 spiro atoms. The van der Waals surface area contributed by atoms with Crippen LogP contribution in [0.4, 0.5) is 0 Å². The van der Waals surface area contributed by atoms with Crippen LogP contribution in [-0.4, -0.2) is 40.5 Å². The molecule has 0 bridgehead atoms. The van der Waals surface area contributed by atoms with E-state index in [4.69, 9.17) is 9.22 Å². The monoisotopic (exact) mass is 276 g/mol. The average Bonchev–Trinajstić information content (AvgIpc) is 2.15. The van der Waals surface area contributed by atoms with Gasteiger partial charge in [-0.05, 0) is 51.9 Å². The summed E-state index contributed by atoms with van der Waals surface area (Å²) in [7, 11) is -0.932. The van der Waals surface area contributed by atoms with Gasteiger partial charge in [0.2, 0.25) is 9.76 Å². The van der Waals surface area contributed by atoms with E-state index in [0.717, 1.165) is 37.8 Å². The highest BCUT2D eigenvalue weighted by Crippen LogP contribution is 2.16. The summed E-state index contributed by atoms with van der Waals surface area (Å²) in [5.41, 5.74) is 0. The van der Waals surface area contributed by atoms with Gasteiger partial charge in [-0.2, -0.15) is 0 Å². The zero-order valence-corrected chi connectivity index (χ0v) is 13.7. The van der Waals surface area contributed by atoms with Gasteiger partial charge < -0.3 is 14.3 Å². The summed E-state index contributed by atoms with van der Waals surface area (Å²) >= 11 is 0. The second-order valence-electron chi connectivity index (χ2n) is 5.49. The molecule has 3 nitrogen and oxygen atoms in total. The van der Waals surface area contributed by atoms with Crippen LogP contribution < -0.4 is 0 Å². The quantitative estimate of drug-likeness (QED) is 0.476. The van der Waals surface area contributed by atoms with Crippen LogP contribution >= 0.6 is 0 Å². The maximum atomic E-state index is 9.20. The van der Waals surface area contributed by atoms with E-state index < -0.39 is 8.32 Å². The lowest BCUT2D eigenvalue weighted by atomic mass is 10.2. The van der Waals surface area contributed by atoms with Gasteiger partial charge in [-0.15, -0.1) is 0 Å². The molecule has 2 unspecified atom stereocenters. The Kier molecular flexibility index (Phi) is 9.44. The van der Waals surface area contributed by atoms with Gasteiger partial charge in [0.1, 0.15) is 0 Å². The molecule has 0 saturated heterocycles. The van der Waals surface area contributed by atoms with Crippen LogP contribution in [0.5, 0.6) is 0 Å². The number of rotatable bonds is 10. The number of hydrogen-bond acceptors (Lipinski definition) is 3. The minimum atomic E-state index is -1.51. The zero-order chi connectivity index (χ0) is 13.3. The van der Waals surface area contributed by atoms with E-state index in [1.54, 1.807) is 0 Å². The molecule has 0 aromatic rings. The Labute approximate surface area is 110 Å². The third kappa shape index (κ3) is 12.6. The molecule has 0 aromatic heterocycles. The summed E-state index contributed by atoms with van der Waals surface area (Å²) in [6.45, 7) is 8.17. The summed E-state index contributed by atoms with van der Waals surface area (Å²) in [6.07, 6.45) is 3.50. The molecule has 0 rings (SSSR count). The first-order chi connectivity index (χ1) is 7.83. The number of hydrogen-bond donors (Lipinski definition) is 2. The van der Waals surface area contributed by atoms with Crippen LogP contribution in [-0.2, 0) is 4.12 Å². The van der Waals surface area contributed by atoms with Crippen LogP contribution in [0, 0.1) is 0 Å². The van der Waals surface area contributed by atoms with Crippen LogP contribution in [0.3, 0.4) is 0 Å². The predicted octanol–water partition coefficient (Wildman–Crippen LogP) is 2.57. The second-order valence-corrected chi connectivity index (χ2v) is 11.1. The van der Waals surface area contributed by atoms with Crippen molar-refractivity contribution in [2.75, 3.05) is 0 Å². The topological polar surface area (TPSA) is 49.7 Å². The zero-order valence-electron chi connectivity index (χ0n) is 11.7. The van der Waals surface area contributed by atoms with E-state index in [0.29, 0.717) is 9.76 Å². The maximum absolute atomic E-state index is 9.20. The molecule has 0 aliphatic heterocycles. The van der Waals surface area contributed by atoms with Gasteiger partial charge in [-0.1, -0.05) is 12.8 Å². The van der Waals surface area contributed by atoms with E-state index in [-0.39, 0.29) is 12.2 Å². The number of aliphatic hydroxyl groups is 2. The Morgan fingerprint density at radius 2 is 1.59 bits per heavy atom. The van der Waals surface area contributed by atoms with Crippen LogP contribution in [0.1, 0.15) is 39.5 Å². The van der Waals surface area contributed by atoms with Gasteiger partial charge >= 0.3 is 0 Å². The third-order valence-electron chi connectivity index (χ3n) is 2.65. The highest BCUT2D eigenvalue weighted by atomic mass is 28.4. The van der Waals surface area contributed by atoms with Gasteiger partial charge in [0.25, 0.3) is 0 Å². The normalized spacial score (nSPS) is 15.9. The van der Waals surface area contributed by atoms with Gasteiger partial charge in [0, 0.05) is 0 Å². The molecule has 0 fully saturated rings. The highest BCUT2D eigenvalue weighted by molar-refractivity contribution is 6.75. The van der Waals surface area contributed by atoms with Crippen molar-refractivity contribution in [1.29, 1.82) is 0 Å². The Hall–Kier alpha value is 0.314. The molecule has 0 aromatic carbocycles. The summed E-state index contributed by atoms with van der Waals surface area (Å²) in [5.74, 6) is 0. The van der Waals surface area contributed by atoms with E-state index >= 15 is 0 Å². The smallest absolute Gasteiger partial charge is 0.215 e. The van der Waals surface area contributed by atoms with Crippen molar-refractivity contribution >= 4 is 18.1 Å². The summed E-state index contributed by atoms with van der Waals surface area (Å²) in [4.78, 5) is 0. The van der Waals surface area contributed by atoms with Gasteiger partial charge in [-0.25, -0.2) is 0 Å². The van der Waals surface area contributed by atoms with Gasteiger partial charge in [0.15, 0.2) is 8.32 Å². The summed E-state index contributed by atoms with van der Waals surface area (Å²) in [6, 6.07) is 2.19. The molecule has 0 aliphatic carbocycles. The molecular weight excluding hydrogens is 248 g/mol. The lowest BCUT2D eigenvalue weighted by Crippen LogP contribution is -2.32. The van der Waals surface area contributed by atoms with Gasteiger partial charge in [-0.3, -0.25) is 0 Å². The predicted molar refractivity (Wildman–Crippen MR) is 75.8 cm³/mol. The third-order valence-corrected chi connectivity index (χ3v) is 7.55. The van der Waals surface area contributed by atoms with E-state index in [1.807, 2.05) is 13.8 Å². The molecule has 2 N–H and O–H groups in total. The van der Waals surface area contributed by atoms with Crippen molar-refractivity contribution in [3.05, 3.63) is 0 Å². The fraction of sp³-hybridized carbons (Fsp3) is 1.00. The van der Waals surface area contributed by atoms with Crippen molar-refractivity contribution in [2.24, 2.45) is 0 Å². The molecule has 0 aliphatic rings. The molecule has 0 heterocycles. The molecule has 17 heavy (non-hydrogen) atoms. The van der Waals surface area contributed by atoms with Crippen molar-refractivity contribution in [3.63, 3.8) is 0 Å². The first-order valence-electron chi connectivity index (χ1n) is 6.60. The molecule has 2 atom stereocenters. The Balaban J connectivity index is 3.50. The highest BCUT2D eigenvalue weighted by Gasteiger charge is 2.21. The lowest BCUT2D eigenvalue weighted by molar-refractivity contribution is 0.183. The van der Waals surface area contributed by atoms with Crippen LogP contribution in [0.15, 0.2) is 0 Å². The largest absolute Gasteiger partial charge is 0.456 e. The SMILES string of the molecule is CC(O)CCC[Si]O[Si](C)(C)CCCC(C)O. The maximum Gasteiger partial charge on any atom is 0.215 e. The fourth-order valence-electron chi connectivity index (χ4n) is 1.59. The minimum absolute atomic E-state index is 0.184. The van der Waals surface area contributed by atoms with Gasteiger partial charge in [0.05, 0.1) is 12.2 Å². The first-order valence-corrected chi connectivity index (χ1v) is 10.8. The summed E-state index contributed by atoms with van der Waals surface area (Å²) in [5, 5.41) is 18.3. The van der Waals surface area contributed by atoms with Crippen molar-refractivity contribution < 1.29 is 14.3 Å². The molecule has 2 radical (unpaired) electrons. The fourth-order valence-corrected chi connectivity index (χ4v) is 5.37. The Morgan fingerprint density at radius 3 is 2.12 bits per heavy atom. The van der Waals surface area contributed by atoms with E-state index in [1.165, 1.54) is 0 Å². The van der Waals surface area contributed by atoms with Crippen LogP contribution in [0.25, 0.3) is 0 Å². The Morgan fingerprint density at radius 1 is 1.06 bits per heavy atom. The minimum Gasteiger partial charge on any atom is -0.456 e. The summed E-state index contributed by atoms with van der Waals surface area (Å²) < 4.78 is 6.00. The molecule has 5 heteroatoms. The number of aliphatic hydroxyl groups excluding tert-OH is 2. The van der Waals surface area contributed by atoms with Crippen molar-refractivity contribution in [3.8, 4) is 0 Å². The first kappa shape index (κ1) is 17.3. The molecular formula is C12H28O3Si2. The van der Waals surface area contributed by atoms with Crippen molar-refractivity contribution in [2.45, 2.75) is 76.9 Å². The lowest BCUT2D eigenvalue weighted by Gasteiger charge is -2.23. The molecule has 102 valence electrons. The molecule has 0 saturated carbocycles. The van der Waals surface area contributed by atoms with Crippen LogP contribution in [0.2, 0.25) is 25.2 Å². The van der Waals surface area contributed by atoms with E-state index in [9.17, 15) is 5.11 Å². The van der Waals surface area contributed by atoms with E-state index in [2.05, 4.69) is 13.1 Å².